The molecule has 1 atom stereocenters. The van der Waals surface area contributed by atoms with Gasteiger partial charge in [-0.3, -0.25) is 4.90 Å². The molecule has 1 aromatic heterocycles. The van der Waals surface area contributed by atoms with Gasteiger partial charge in [0.05, 0.1) is 5.52 Å². The quantitative estimate of drug-likeness (QED) is 0.912. The Kier molecular flexibility index (Phi) is 3.15. The summed E-state index contributed by atoms with van der Waals surface area (Å²) in [5.41, 5.74) is 1.01. The van der Waals surface area contributed by atoms with Gasteiger partial charge in [-0.05, 0) is 31.5 Å². The highest BCUT2D eigenvalue weighted by Gasteiger charge is 2.31. The number of rotatable bonds is 2. The first-order chi connectivity index (χ1) is 10.3. The summed E-state index contributed by atoms with van der Waals surface area (Å²) in [7, 11) is 1.88. The fraction of sp³-hybridized carbons (Fsp3) is 0.500. The van der Waals surface area contributed by atoms with Gasteiger partial charge in [-0.2, -0.15) is 4.98 Å². The predicted molar refractivity (Wildman–Crippen MR) is 85.9 cm³/mol. The number of hydrogen-bond acceptors (Lipinski definition) is 5. The van der Waals surface area contributed by atoms with Gasteiger partial charge < -0.3 is 10.2 Å². The van der Waals surface area contributed by atoms with Gasteiger partial charge in [0.2, 0.25) is 5.95 Å². The Morgan fingerprint density at radius 1 is 1.14 bits per heavy atom. The van der Waals surface area contributed by atoms with Gasteiger partial charge in [0.25, 0.3) is 0 Å². The van der Waals surface area contributed by atoms with E-state index in [1.165, 1.54) is 19.4 Å². The number of nitrogens with zero attached hydrogens (tertiary/aromatic N) is 4. The summed E-state index contributed by atoms with van der Waals surface area (Å²) in [4.78, 5) is 14.4. The minimum Gasteiger partial charge on any atom is -0.357 e. The van der Waals surface area contributed by atoms with Gasteiger partial charge in [0.15, 0.2) is 0 Å². The van der Waals surface area contributed by atoms with Gasteiger partial charge in [-0.1, -0.05) is 12.1 Å². The largest absolute Gasteiger partial charge is 0.357 e. The average molecular weight is 283 g/mol. The molecule has 2 aromatic rings. The van der Waals surface area contributed by atoms with Crippen molar-refractivity contribution in [3.8, 4) is 0 Å². The lowest BCUT2D eigenvalue weighted by molar-refractivity contribution is 0.230. The number of anilines is 2. The monoisotopic (exact) mass is 283 g/mol. The third-order valence-electron chi connectivity index (χ3n) is 4.69. The second-order valence-electron chi connectivity index (χ2n) is 5.92. The maximum absolute atomic E-state index is 4.74. The fourth-order valence-corrected chi connectivity index (χ4v) is 3.60. The number of aromatic nitrogens is 2. The summed E-state index contributed by atoms with van der Waals surface area (Å²) in [5.74, 6) is 1.79. The molecule has 2 aliphatic heterocycles. The molecule has 2 fully saturated rings. The minimum absolute atomic E-state index is 0.700. The van der Waals surface area contributed by atoms with Crippen LogP contribution in [0.1, 0.15) is 12.8 Å². The normalized spacial score (nSPS) is 22.5. The van der Waals surface area contributed by atoms with E-state index in [2.05, 4.69) is 38.3 Å². The summed E-state index contributed by atoms with van der Waals surface area (Å²) < 4.78 is 0. The van der Waals surface area contributed by atoms with E-state index in [1.807, 2.05) is 13.1 Å². The molecular formula is C16H21N5. The van der Waals surface area contributed by atoms with E-state index in [-0.39, 0.29) is 0 Å². The van der Waals surface area contributed by atoms with Crippen LogP contribution in [0.15, 0.2) is 24.3 Å². The summed E-state index contributed by atoms with van der Waals surface area (Å²) in [6.45, 7) is 4.56. The molecule has 1 aromatic carbocycles. The van der Waals surface area contributed by atoms with E-state index in [1.54, 1.807) is 0 Å². The van der Waals surface area contributed by atoms with Crippen LogP contribution in [0.5, 0.6) is 0 Å². The predicted octanol–water partition coefficient (Wildman–Crippen LogP) is 1.96. The minimum atomic E-state index is 0.700. The summed E-state index contributed by atoms with van der Waals surface area (Å²) in [6.07, 6.45) is 2.66. The lowest BCUT2D eigenvalue weighted by atomic mass is 10.1. The Morgan fingerprint density at radius 3 is 2.95 bits per heavy atom. The Morgan fingerprint density at radius 2 is 2.05 bits per heavy atom. The molecule has 110 valence electrons. The molecular weight excluding hydrogens is 262 g/mol. The first kappa shape index (κ1) is 12.8. The van der Waals surface area contributed by atoms with Gasteiger partial charge in [0, 0.05) is 38.1 Å². The van der Waals surface area contributed by atoms with Crippen LogP contribution in [0.4, 0.5) is 11.8 Å². The highest BCUT2D eigenvalue weighted by molar-refractivity contribution is 5.90. The Balaban J connectivity index is 1.75. The Hall–Kier alpha value is -1.88. The first-order valence-corrected chi connectivity index (χ1v) is 7.78. The van der Waals surface area contributed by atoms with Crippen molar-refractivity contribution >= 4 is 22.7 Å². The smallest absolute Gasteiger partial charge is 0.224 e. The van der Waals surface area contributed by atoms with E-state index in [9.17, 15) is 0 Å². The highest BCUT2D eigenvalue weighted by Crippen LogP contribution is 2.29. The van der Waals surface area contributed by atoms with Crippen LogP contribution in [0.3, 0.4) is 0 Å². The molecule has 1 unspecified atom stereocenters. The molecule has 0 radical (unpaired) electrons. The van der Waals surface area contributed by atoms with E-state index in [4.69, 9.17) is 4.98 Å². The standard InChI is InChI=1S/C16H21N5/c1-17-16-18-14-7-3-2-6-13(14)15(19-16)21-10-9-20-8-4-5-12(20)11-21/h2-3,6-7,12H,4-5,8-11H2,1H3,(H,17,18,19). The van der Waals surface area contributed by atoms with Crippen LogP contribution >= 0.6 is 0 Å². The van der Waals surface area contributed by atoms with Gasteiger partial charge in [-0.25, -0.2) is 4.98 Å². The van der Waals surface area contributed by atoms with Crippen molar-refractivity contribution in [2.75, 3.05) is 43.4 Å². The van der Waals surface area contributed by atoms with E-state index < -0.39 is 0 Å². The molecule has 4 rings (SSSR count). The van der Waals surface area contributed by atoms with Gasteiger partial charge in [0.1, 0.15) is 5.82 Å². The molecule has 2 aliphatic rings. The van der Waals surface area contributed by atoms with Gasteiger partial charge >= 0.3 is 0 Å². The molecule has 5 nitrogen and oxygen atoms in total. The number of para-hydroxylation sites is 1. The average Bonchev–Trinajstić information content (AvgIpc) is 3.01. The third kappa shape index (κ3) is 2.21. The SMILES string of the molecule is CNc1nc(N2CCN3CCCC3C2)c2ccccc2n1. The number of piperazine rings is 1. The van der Waals surface area contributed by atoms with Crippen molar-refractivity contribution in [3.05, 3.63) is 24.3 Å². The lowest BCUT2D eigenvalue weighted by Crippen LogP contribution is -2.50. The number of nitrogens with one attached hydrogen (secondary N) is 1. The molecule has 0 bridgehead atoms. The van der Waals surface area contributed by atoms with Crippen molar-refractivity contribution in [2.24, 2.45) is 0 Å². The molecule has 21 heavy (non-hydrogen) atoms. The zero-order valence-electron chi connectivity index (χ0n) is 12.4. The van der Waals surface area contributed by atoms with Crippen LogP contribution < -0.4 is 10.2 Å². The number of fused-ring (bicyclic) bond motifs is 2. The topological polar surface area (TPSA) is 44.3 Å². The molecule has 0 saturated carbocycles. The van der Waals surface area contributed by atoms with E-state index >= 15 is 0 Å². The molecule has 3 heterocycles. The van der Waals surface area contributed by atoms with Crippen molar-refractivity contribution < 1.29 is 0 Å². The van der Waals surface area contributed by atoms with Crippen LogP contribution in [0.2, 0.25) is 0 Å². The fourth-order valence-electron chi connectivity index (χ4n) is 3.60. The first-order valence-electron chi connectivity index (χ1n) is 7.78. The van der Waals surface area contributed by atoms with Gasteiger partial charge in [-0.15, -0.1) is 0 Å². The second kappa shape index (κ2) is 5.15. The summed E-state index contributed by atoms with van der Waals surface area (Å²) in [5, 5.41) is 4.24. The Bertz CT molecular complexity index is 656. The van der Waals surface area contributed by atoms with E-state index in [0.29, 0.717) is 12.0 Å². The molecule has 0 amide bonds. The lowest BCUT2D eigenvalue weighted by Gasteiger charge is -2.38. The zero-order valence-corrected chi connectivity index (χ0v) is 12.4. The molecule has 1 N–H and O–H groups in total. The van der Waals surface area contributed by atoms with Crippen LogP contribution in [-0.4, -0.2) is 54.1 Å². The van der Waals surface area contributed by atoms with Crippen LogP contribution in [-0.2, 0) is 0 Å². The third-order valence-corrected chi connectivity index (χ3v) is 4.69. The molecule has 2 saturated heterocycles. The highest BCUT2D eigenvalue weighted by atomic mass is 15.3. The number of hydrogen-bond donors (Lipinski definition) is 1. The van der Waals surface area contributed by atoms with Crippen molar-refractivity contribution in [3.63, 3.8) is 0 Å². The van der Waals surface area contributed by atoms with Crippen LogP contribution in [0, 0.1) is 0 Å². The van der Waals surface area contributed by atoms with Crippen LogP contribution in [0.25, 0.3) is 10.9 Å². The zero-order chi connectivity index (χ0) is 14.2. The molecule has 5 heteroatoms. The van der Waals surface area contributed by atoms with Crippen molar-refractivity contribution in [1.82, 2.24) is 14.9 Å². The maximum Gasteiger partial charge on any atom is 0.224 e. The second-order valence-corrected chi connectivity index (χ2v) is 5.92. The molecule has 0 aliphatic carbocycles. The maximum atomic E-state index is 4.74. The molecule has 0 spiro atoms. The Labute approximate surface area is 125 Å². The van der Waals surface area contributed by atoms with Crippen molar-refractivity contribution in [1.29, 1.82) is 0 Å². The summed E-state index contributed by atoms with van der Waals surface area (Å²) in [6, 6.07) is 9.00. The summed E-state index contributed by atoms with van der Waals surface area (Å²) >= 11 is 0. The van der Waals surface area contributed by atoms with Crippen molar-refractivity contribution in [2.45, 2.75) is 18.9 Å². The van der Waals surface area contributed by atoms with E-state index in [0.717, 1.165) is 36.4 Å². The number of benzene rings is 1.